The molecule has 0 bridgehead atoms. The lowest BCUT2D eigenvalue weighted by Crippen LogP contribution is -2.35. The average Bonchev–Trinajstić information content (AvgIpc) is 3.34. The number of aryl methyl sites for hydroxylation is 1. The highest BCUT2D eigenvalue weighted by molar-refractivity contribution is 7.88. The number of nitrogens with zero attached hydrogens (tertiary/aromatic N) is 2. The van der Waals surface area contributed by atoms with Crippen LogP contribution in [-0.4, -0.2) is 38.9 Å². The molecule has 1 atom stereocenters. The molecule has 0 saturated carbocycles. The summed E-state index contributed by atoms with van der Waals surface area (Å²) in [4.78, 5) is 19.3. The van der Waals surface area contributed by atoms with Crippen molar-refractivity contribution in [3.05, 3.63) is 94.8 Å². The number of hydrogen-bond acceptors (Lipinski definition) is 5. The fourth-order valence-corrected chi connectivity index (χ4v) is 7.20. The number of piperidine rings is 1. The Bertz CT molecular complexity index is 1470. The number of fused-ring (bicyclic) bond motifs is 1. The molecule has 1 fully saturated rings. The van der Waals surface area contributed by atoms with Gasteiger partial charge in [-0.25, -0.2) is 13.1 Å². The van der Waals surface area contributed by atoms with Crippen molar-refractivity contribution in [3.63, 3.8) is 0 Å². The van der Waals surface area contributed by atoms with E-state index in [4.69, 9.17) is 0 Å². The quantitative estimate of drug-likeness (QED) is 0.358. The van der Waals surface area contributed by atoms with E-state index >= 15 is 0 Å². The van der Waals surface area contributed by atoms with E-state index in [1.807, 2.05) is 18.2 Å². The van der Waals surface area contributed by atoms with Gasteiger partial charge in [-0.3, -0.25) is 9.78 Å². The van der Waals surface area contributed by atoms with Gasteiger partial charge in [0.2, 0.25) is 10.0 Å². The van der Waals surface area contributed by atoms with Gasteiger partial charge in [0.15, 0.2) is 0 Å². The van der Waals surface area contributed by atoms with Gasteiger partial charge in [0.05, 0.1) is 11.3 Å². The summed E-state index contributed by atoms with van der Waals surface area (Å²) in [7, 11) is -4.08. The molecule has 2 aromatic carbocycles. The number of rotatable bonds is 9. The summed E-state index contributed by atoms with van der Waals surface area (Å²) in [6, 6.07) is 13.4. The summed E-state index contributed by atoms with van der Waals surface area (Å²) in [5.41, 5.74) is 1.96. The van der Waals surface area contributed by atoms with Gasteiger partial charge >= 0.3 is 6.18 Å². The molecule has 2 heterocycles. The smallest absolute Gasteiger partial charge is 0.371 e. The van der Waals surface area contributed by atoms with Crippen molar-refractivity contribution in [2.75, 3.05) is 24.5 Å². The van der Waals surface area contributed by atoms with Crippen LogP contribution in [0.3, 0.4) is 0 Å². The maximum atomic E-state index is 13.4. The van der Waals surface area contributed by atoms with Crippen molar-refractivity contribution < 1.29 is 26.4 Å². The highest BCUT2D eigenvalue weighted by Crippen LogP contribution is 2.35. The summed E-state index contributed by atoms with van der Waals surface area (Å²) >= 11 is 0. The van der Waals surface area contributed by atoms with E-state index < -0.39 is 33.6 Å². The normalized spacial score (nSPS) is 17.8. The maximum absolute atomic E-state index is 13.4. The second-order valence-electron chi connectivity index (χ2n) is 10.7. The van der Waals surface area contributed by atoms with Gasteiger partial charge in [-0.2, -0.15) is 13.2 Å². The van der Waals surface area contributed by atoms with Crippen molar-refractivity contribution in [2.45, 2.75) is 50.1 Å². The molecule has 1 saturated heterocycles. The topological polar surface area (TPSA) is 91.4 Å². The van der Waals surface area contributed by atoms with E-state index in [9.17, 15) is 26.4 Å². The van der Waals surface area contributed by atoms with Gasteiger partial charge in [0.25, 0.3) is 5.91 Å². The van der Waals surface area contributed by atoms with Crippen LogP contribution in [-0.2, 0) is 28.4 Å². The Morgan fingerprint density at radius 2 is 1.73 bits per heavy atom. The monoisotopic (exact) mass is 586 g/mol. The van der Waals surface area contributed by atoms with Crippen LogP contribution in [0.2, 0.25) is 0 Å². The first-order chi connectivity index (χ1) is 19.6. The number of halogens is 3. The predicted octanol–water partition coefficient (Wildman–Crippen LogP) is 5.24. The number of pyridine rings is 1. The lowest BCUT2D eigenvalue weighted by molar-refractivity contribution is -0.138. The number of anilines is 1. The molecule has 1 aliphatic carbocycles. The Hall–Kier alpha value is -3.44. The third-order valence-electron chi connectivity index (χ3n) is 7.96. The zero-order chi connectivity index (χ0) is 29.0. The van der Waals surface area contributed by atoms with Crippen LogP contribution in [0.4, 0.5) is 18.9 Å². The highest BCUT2D eigenvalue weighted by Gasteiger charge is 2.35. The fraction of sp³-hybridized carbons (Fsp3) is 0.400. The minimum Gasteiger partial charge on any atom is -0.371 e. The third kappa shape index (κ3) is 7.26. The number of carbonyl (C=O) groups is 1. The van der Waals surface area contributed by atoms with Crippen molar-refractivity contribution >= 4 is 21.6 Å². The highest BCUT2D eigenvalue weighted by atomic mass is 32.2. The van der Waals surface area contributed by atoms with Crippen LogP contribution in [0.15, 0.2) is 67.0 Å². The van der Waals surface area contributed by atoms with Gasteiger partial charge in [-0.05, 0) is 85.0 Å². The first-order valence-electron chi connectivity index (χ1n) is 13.8. The molecule has 1 unspecified atom stereocenters. The van der Waals surface area contributed by atoms with Gasteiger partial charge < -0.3 is 10.2 Å². The van der Waals surface area contributed by atoms with E-state index in [1.165, 1.54) is 23.9 Å². The van der Waals surface area contributed by atoms with Crippen LogP contribution in [0.5, 0.6) is 0 Å². The Balaban J connectivity index is 1.15. The number of hydrogen-bond donors (Lipinski definition) is 2. The number of benzene rings is 2. The molecule has 1 aromatic heterocycles. The Kier molecular flexibility index (Phi) is 8.65. The van der Waals surface area contributed by atoms with E-state index in [0.29, 0.717) is 36.4 Å². The van der Waals surface area contributed by atoms with Gasteiger partial charge in [0, 0.05) is 49.3 Å². The molecule has 0 radical (unpaired) electrons. The Morgan fingerprint density at radius 3 is 2.46 bits per heavy atom. The summed E-state index contributed by atoms with van der Waals surface area (Å²) in [5, 5.41) is 2.99. The minimum absolute atomic E-state index is 0.227. The van der Waals surface area contributed by atoms with Crippen molar-refractivity contribution in [3.8, 4) is 0 Å². The zero-order valence-electron chi connectivity index (χ0n) is 22.5. The Morgan fingerprint density at radius 1 is 1.00 bits per heavy atom. The first kappa shape index (κ1) is 29.1. The summed E-state index contributed by atoms with van der Waals surface area (Å²) in [6.45, 7) is 2.48. The van der Waals surface area contributed by atoms with E-state index in [0.717, 1.165) is 44.0 Å². The third-order valence-corrected chi connectivity index (χ3v) is 9.29. The molecule has 2 N–H and O–H groups in total. The molecule has 2 aliphatic rings. The second kappa shape index (κ2) is 12.2. The lowest BCUT2D eigenvalue weighted by atomic mass is 9.93. The molecule has 11 heteroatoms. The van der Waals surface area contributed by atoms with Crippen LogP contribution >= 0.6 is 0 Å². The number of aromatic nitrogens is 1. The van der Waals surface area contributed by atoms with Gasteiger partial charge in [-0.1, -0.05) is 24.3 Å². The first-order valence-corrected chi connectivity index (χ1v) is 15.5. The molecule has 3 aromatic rings. The van der Waals surface area contributed by atoms with Crippen LogP contribution < -0.4 is 14.9 Å². The number of alkyl halides is 3. The Labute approximate surface area is 238 Å². The molecule has 7 nitrogen and oxygen atoms in total. The van der Waals surface area contributed by atoms with E-state index in [-0.39, 0.29) is 11.5 Å². The molecule has 5 rings (SSSR count). The lowest BCUT2D eigenvalue weighted by Gasteiger charge is -2.33. The molecule has 0 spiro atoms. The van der Waals surface area contributed by atoms with Crippen molar-refractivity contribution in [1.82, 2.24) is 15.0 Å². The van der Waals surface area contributed by atoms with Crippen LogP contribution in [0.25, 0.3) is 0 Å². The standard InChI is InChI=1S/C30H33F3N4O3S/c31-30(32,33)27-4-2-1-3-24(27)20-41(39,40)36-28-8-7-22-5-6-23(19-26(22)28)29(38)35-16-9-21-12-17-37(18-13-21)25-10-14-34-15-11-25/h1-6,10-11,14-15,19,21,28,36H,7-9,12-13,16-18,20H2,(H,35,38). The average molecular weight is 587 g/mol. The zero-order valence-corrected chi connectivity index (χ0v) is 23.3. The molecule has 1 amide bonds. The predicted molar refractivity (Wildman–Crippen MR) is 151 cm³/mol. The molecule has 1 aliphatic heterocycles. The van der Waals surface area contributed by atoms with Gasteiger partial charge in [0.1, 0.15) is 0 Å². The van der Waals surface area contributed by atoms with Crippen LogP contribution in [0.1, 0.15) is 64.3 Å². The summed E-state index contributed by atoms with van der Waals surface area (Å²) in [5.74, 6) is -0.486. The number of carbonyl (C=O) groups excluding carboxylic acids is 1. The summed E-state index contributed by atoms with van der Waals surface area (Å²) in [6.07, 6.45) is 3.00. The van der Waals surface area contributed by atoms with Crippen molar-refractivity contribution in [2.24, 2.45) is 5.92 Å². The van der Waals surface area contributed by atoms with Crippen molar-refractivity contribution in [1.29, 1.82) is 0 Å². The maximum Gasteiger partial charge on any atom is 0.416 e. The molecule has 218 valence electrons. The molecular weight excluding hydrogens is 553 g/mol. The fourth-order valence-electron chi connectivity index (χ4n) is 5.78. The van der Waals surface area contributed by atoms with Crippen LogP contribution in [0, 0.1) is 5.92 Å². The second-order valence-corrected chi connectivity index (χ2v) is 12.5. The number of amides is 1. The minimum atomic E-state index is -4.65. The van der Waals surface area contributed by atoms with E-state index in [2.05, 4.69) is 19.9 Å². The largest absolute Gasteiger partial charge is 0.416 e. The summed E-state index contributed by atoms with van der Waals surface area (Å²) < 4.78 is 68.4. The SMILES string of the molecule is O=C(NCCC1CCN(c2ccncc2)CC1)c1ccc2c(c1)C(NS(=O)(=O)Cc1ccccc1C(F)(F)F)CC2. The molecular formula is C30H33F3N4O3S. The molecule has 41 heavy (non-hydrogen) atoms. The number of sulfonamides is 1. The van der Waals surface area contributed by atoms with E-state index in [1.54, 1.807) is 24.5 Å². The number of nitrogens with one attached hydrogen (secondary N) is 2. The van der Waals surface area contributed by atoms with Gasteiger partial charge in [-0.15, -0.1) is 0 Å².